The molecule has 2 rings (SSSR count). The van der Waals surface area contributed by atoms with Gasteiger partial charge in [-0.05, 0) is 30.5 Å². The average Bonchev–Trinajstić information content (AvgIpc) is 2.46. The lowest BCUT2D eigenvalue weighted by atomic mass is 10.0. The van der Waals surface area contributed by atoms with Crippen molar-refractivity contribution in [1.82, 2.24) is 0 Å². The van der Waals surface area contributed by atoms with Crippen molar-refractivity contribution in [2.45, 2.75) is 24.1 Å². The van der Waals surface area contributed by atoms with E-state index in [0.29, 0.717) is 11.3 Å². The van der Waals surface area contributed by atoms with Gasteiger partial charge in [-0.25, -0.2) is 0 Å². The van der Waals surface area contributed by atoms with Crippen molar-refractivity contribution in [2.24, 2.45) is 5.73 Å². The number of hydrogen-bond donors (Lipinski definition) is 1. The van der Waals surface area contributed by atoms with E-state index in [1.165, 1.54) is 22.8 Å². The van der Waals surface area contributed by atoms with Crippen LogP contribution in [0.2, 0.25) is 0 Å². The Labute approximate surface area is 118 Å². The molecule has 2 N–H and O–H groups in total. The van der Waals surface area contributed by atoms with E-state index in [-0.39, 0.29) is 0 Å². The summed E-state index contributed by atoms with van der Waals surface area (Å²) in [5.41, 5.74) is 7.64. The first-order valence-corrected chi connectivity index (χ1v) is 8.58. The summed E-state index contributed by atoms with van der Waals surface area (Å²) < 4.78 is 5.16. The second-order valence-electron chi connectivity index (χ2n) is 4.53. The normalized spacial score (nSPS) is 21.6. The topological polar surface area (TPSA) is 35.2 Å². The average molecular weight is 283 g/mol. The second-order valence-corrected chi connectivity index (χ2v) is 7.03. The smallest absolute Gasteiger partial charge is 0.118 e. The summed E-state index contributed by atoms with van der Waals surface area (Å²) in [4.78, 5) is 0. The van der Waals surface area contributed by atoms with Crippen LogP contribution < -0.4 is 10.5 Å². The van der Waals surface area contributed by atoms with E-state index in [2.05, 4.69) is 12.1 Å². The second kappa shape index (κ2) is 7.31. The first-order chi connectivity index (χ1) is 8.79. The van der Waals surface area contributed by atoms with Crippen molar-refractivity contribution in [1.29, 1.82) is 0 Å². The number of aryl methyl sites for hydroxylation is 1. The molecule has 1 aliphatic rings. The van der Waals surface area contributed by atoms with Gasteiger partial charge in [-0.3, -0.25) is 0 Å². The Balaban J connectivity index is 1.78. The largest absolute Gasteiger partial charge is 0.497 e. The van der Waals surface area contributed by atoms with Crippen molar-refractivity contribution < 1.29 is 4.74 Å². The first kappa shape index (κ1) is 14.1. The van der Waals surface area contributed by atoms with Crippen LogP contribution in [-0.2, 0) is 6.42 Å². The molecule has 0 radical (unpaired) electrons. The maximum Gasteiger partial charge on any atom is 0.118 e. The maximum absolute atomic E-state index is 6.29. The summed E-state index contributed by atoms with van der Waals surface area (Å²) in [5, 5.41) is 0.641. The van der Waals surface area contributed by atoms with Gasteiger partial charge in [-0.1, -0.05) is 12.1 Å². The number of benzene rings is 1. The van der Waals surface area contributed by atoms with Gasteiger partial charge in [0, 0.05) is 28.6 Å². The van der Waals surface area contributed by atoms with Crippen LogP contribution in [0.5, 0.6) is 5.75 Å². The van der Waals surface area contributed by atoms with Crippen molar-refractivity contribution in [3.05, 3.63) is 29.8 Å². The van der Waals surface area contributed by atoms with E-state index >= 15 is 0 Å². The Morgan fingerprint density at radius 1 is 1.33 bits per heavy atom. The fourth-order valence-electron chi connectivity index (χ4n) is 2.06. The highest BCUT2D eigenvalue weighted by Gasteiger charge is 2.21. The number of methoxy groups -OCH3 is 1. The minimum Gasteiger partial charge on any atom is -0.497 e. The Morgan fingerprint density at radius 3 is 2.72 bits per heavy atom. The van der Waals surface area contributed by atoms with E-state index in [1.807, 2.05) is 35.7 Å². The quantitative estimate of drug-likeness (QED) is 0.901. The zero-order valence-corrected chi connectivity index (χ0v) is 12.4. The first-order valence-electron chi connectivity index (χ1n) is 6.37. The number of thioether (sulfide) groups is 2. The van der Waals surface area contributed by atoms with Gasteiger partial charge in [0.25, 0.3) is 0 Å². The molecule has 0 spiro atoms. The highest BCUT2D eigenvalue weighted by molar-refractivity contribution is 8.06. The number of rotatable bonds is 5. The third-order valence-corrected chi connectivity index (χ3v) is 6.19. The minimum atomic E-state index is 0.324. The summed E-state index contributed by atoms with van der Waals surface area (Å²) in [6.07, 6.45) is 2.14. The molecule has 0 saturated carbocycles. The molecule has 0 amide bonds. The third kappa shape index (κ3) is 4.11. The predicted octanol–water partition coefficient (Wildman–Crippen LogP) is 2.80. The van der Waals surface area contributed by atoms with Crippen LogP contribution in [0.3, 0.4) is 0 Å². The number of nitrogens with two attached hydrogens (primary N) is 1. The Kier molecular flexibility index (Phi) is 5.73. The molecule has 2 atom stereocenters. The van der Waals surface area contributed by atoms with E-state index in [0.717, 1.165) is 18.6 Å². The molecule has 0 aliphatic carbocycles. The standard InChI is InChI=1S/C14H21NOS2/c1-16-12-5-2-11(3-6-12)4-7-13(15)14-10-17-8-9-18-14/h2-3,5-6,13-14H,4,7-10,15H2,1H3. The molecule has 1 heterocycles. The molecule has 2 unspecified atom stereocenters. The van der Waals surface area contributed by atoms with Gasteiger partial charge in [-0.15, -0.1) is 0 Å². The van der Waals surface area contributed by atoms with Crippen LogP contribution in [-0.4, -0.2) is 35.7 Å². The molecule has 1 aromatic rings. The zero-order valence-electron chi connectivity index (χ0n) is 10.8. The molecule has 1 aliphatic heterocycles. The summed E-state index contributed by atoms with van der Waals surface area (Å²) in [6, 6.07) is 8.63. The number of hydrogen-bond acceptors (Lipinski definition) is 4. The lowest BCUT2D eigenvalue weighted by Gasteiger charge is -2.26. The molecule has 2 nitrogen and oxygen atoms in total. The molecule has 1 fully saturated rings. The molecule has 100 valence electrons. The third-order valence-electron chi connectivity index (χ3n) is 3.24. The monoisotopic (exact) mass is 283 g/mol. The highest BCUT2D eigenvalue weighted by atomic mass is 32.2. The molecule has 1 aromatic carbocycles. The van der Waals surface area contributed by atoms with Crippen LogP contribution >= 0.6 is 23.5 Å². The molecular weight excluding hydrogens is 262 g/mol. The van der Waals surface area contributed by atoms with Crippen LogP contribution in [0, 0.1) is 0 Å². The van der Waals surface area contributed by atoms with Crippen LogP contribution in [0.15, 0.2) is 24.3 Å². The lowest BCUT2D eigenvalue weighted by molar-refractivity contribution is 0.414. The van der Waals surface area contributed by atoms with Crippen LogP contribution in [0.25, 0.3) is 0 Å². The summed E-state index contributed by atoms with van der Waals surface area (Å²) >= 11 is 4.09. The molecule has 1 saturated heterocycles. The molecule has 0 aromatic heterocycles. The van der Waals surface area contributed by atoms with Gasteiger partial charge in [0.2, 0.25) is 0 Å². The van der Waals surface area contributed by atoms with Gasteiger partial charge < -0.3 is 10.5 Å². The molecule has 18 heavy (non-hydrogen) atoms. The van der Waals surface area contributed by atoms with Crippen molar-refractivity contribution in [2.75, 3.05) is 24.4 Å². The lowest BCUT2D eigenvalue weighted by Crippen LogP contribution is -2.36. The van der Waals surface area contributed by atoms with Gasteiger partial charge >= 0.3 is 0 Å². The van der Waals surface area contributed by atoms with Gasteiger partial charge in [0.05, 0.1) is 7.11 Å². The fourth-order valence-corrected chi connectivity index (χ4v) is 4.93. The van der Waals surface area contributed by atoms with Crippen molar-refractivity contribution in [3.63, 3.8) is 0 Å². The van der Waals surface area contributed by atoms with Gasteiger partial charge in [-0.2, -0.15) is 23.5 Å². The SMILES string of the molecule is COc1ccc(CCC(N)C2CSCCS2)cc1. The highest BCUT2D eigenvalue weighted by Crippen LogP contribution is 2.27. The predicted molar refractivity (Wildman–Crippen MR) is 82.9 cm³/mol. The number of ether oxygens (including phenoxy) is 1. The molecular formula is C14H21NOS2. The molecule has 4 heteroatoms. The van der Waals surface area contributed by atoms with Crippen LogP contribution in [0.1, 0.15) is 12.0 Å². The van der Waals surface area contributed by atoms with E-state index in [1.54, 1.807) is 7.11 Å². The summed E-state index contributed by atoms with van der Waals surface area (Å²) in [6.45, 7) is 0. The summed E-state index contributed by atoms with van der Waals surface area (Å²) in [7, 11) is 1.70. The Hall–Kier alpha value is -0.320. The van der Waals surface area contributed by atoms with Gasteiger partial charge in [0.1, 0.15) is 5.75 Å². The maximum atomic E-state index is 6.29. The van der Waals surface area contributed by atoms with Crippen LogP contribution in [0.4, 0.5) is 0 Å². The molecule has 0 bridgehead atoms. The summed E-state index contributed by atoms with van der Waals surface area (Å²) in [5.74, 6) is 4.68. The van der Waals surface area contributed by atoms with E-state index in [4.69, 9.17) is 10.5 Å². The van der Waals surface area contributed by atoms with Gasteiger partial charge in [0.15, 0.2) is 0 Å². The van der Waals surface area contributed by atoms with E-state index < -0.39 is 0 Å². The van der Waals surface area contributed by atoms with Crippen molar-refractivity contribution in [3.8, 4) is 5.75 Å². The van der Waals surface area contributed by atoms with Crippen molar-refractivity contribution >= 4 is 23.5 Å². The minimum absolute atomic E-state index is 0.324. The Bertz CT molecular complexity index is 349. The Morgan fingerprint density at radius 2 is 2.11 bits per heavy atom. The van der Waals surface area contributed by atoms with E-state index in [9.17, 15) is 0 Å². The zero-order chi connectivity index (χ0) is 12.8. The fraction of sp³-hybridized carbons (Fsp3) is 0.571.